The van der Waals surface area contributed by atoms with Crippen molar-refractivity contribution in [2.24, 2.45) is 0 Å². The molecule has 0 amide bonds. The smallest absolute Gasteiger partial charge is 0.166 e. The highest BCUT2D eigenvalue weighted by Crippen LogP contribution is 2.03. The van der Waals surface area contributed by atoms with Crippen LogP contribution in [0.15, 0.2) is 12.3 Å². The number of aryl methyl sites for hydroxylation is 1. The first-order valence-electron chi connectivity index (χ1n) is 3.90. The van der Waals surface area contributed by atoms with E-state index in [0.29, 0.717) is 6.73 Å². The number of ether oxygens (including phenoxy) is 1. The third-order valence-electron chi connectivity index (χ3n) is 1.63. The van der Waals surface area contributed by atoms with Crippen LogP contribution in [0.3, 0.4) is 0 Å². The van der Waals surface area contributed by atoms with Gasteiger partial charge in [0.25, 0.3) is 0 Å². The lowest BCUT2D eigenvalue weighted by Crippen LogP contribution is -2.17. The molecule has 1 heterocycles. The van der Waals surface area contributed by atoms with Gasteiger partial charge in [-0.05, 0) is 18.6 Å². The molecular formula is C8H13BN2O. The minimum absolute atomic E-state index is 0.520. The van der Waals surface area contributed by atoms with Crippen molar-refractivity contribution in [3.8, 4) is 0 Å². The molecule has 0 fully saturated rings. The molecule has 0 bridgehead atoms. The van der Waals surface area contributed by atoms with Gasteiger partial charge in [0, 0.05) is 24.6 Å². The molecule has 0 aliphatic carbocycles. The average molecular weight is 164 g/mol. The number of nitrogens with zero attached hydrogens (tertiary/aromatic N) is 1. The van der Waals surface area contributed by atoms with Crippen molar-refractivity contribution in [3.05, 3.63) is 17.8 Å². The van der Waals surface area contributed by atoms with Crippen LogP contribution in [-0.4, -0.2) is 26.7 Å². The maximum atomic E-state index is 4.90. The van der Waals surface area contributed by atoms with Crippen molar-refractivity contribution < 1.29 is 4.74 Å². The number of rotatable bonds is 3. The predicted octanol–water partition coefficient (Wildman–Crippen LogP) is -0.336. The van der Waals surface area contributed by atoms with Gasteiger partial charge in [0.1, 0.15) is 6.73 Å². The fourth-order valence-corrected chi connectivity index (χ4v) is 0.966. The van der Waals surface area contributed by atoms with Gasteiger partial charge < -0.3 is 10.1 Å². The Balaban J connectivity index is 2.75. The molecular weight excluding hydrogens is 151 g/mol. The highest BCUT2D eigenvalue weighted by Gasteiger charge is 1.97. The maximum absolute atomic E-state index is 4.90. The van der Waals surface area contributed by atoms with Crippen LogP contribution in [0, 0.1) is 6.92 Å². The lowest BCUT2D eigenvalue weighted by molar-refractivity contribution is 0.221. The number of hydrogen-bond donors (Lipinski definition) is 1. The van der Waals surface area contributed by atoms with Gasteiger partial charge in [-0.15, -0.1) is 0 Å². The minimum Gasteiger partial charge on any atom is -0.365 e. The van der Waals surface area contributed by atoms with Crippen molar-refractivity contribution >= 4 is 19.1 Å². The van der Waals surface area contributed by atoms with E-state index in [9.17, 15) is 0 Å². The summed E-state index contributed by atoms with van der Waals surface area (Å²) in [6.45, 7) is 2.54. The van der Waals surface area contributed by atoms with Gasteiger partial charge in [0.05, 0.1) is 0 Å². The first-order valence-corrected chi connectivity index (χ1v) is 3.90. The molecule has 0 aliphatic heterocycles. The molecule has 1 aromatic rings. The first-order chi connectivity index (χ1) is 5.74. The Hall–Kier alpha value is -1.03. The van der Waals surface area contributed by atoms with Crippen LogP contribution in [0.4, 0.5) is 5.69 Å². The van der Waals surface area contributed by atoms with Crippen LogP contribution >= 0.6 is 0 Å². The number of methoxy groups -OCH3 is 1. The zero-order valence-corrected chi connectivity index (χ0v) is 7.72. The van der Waals surface area contributed by atoms with Gasteiger partial charge >= 0.3 is 0 Å². The lowest BCUT2D eigenvalue weighted by atomic mass is 10.0. The summed E-state index contributed by atoms with van der Waals surface area (Å²) in [7, 11) is 3.63. The minimum atomic E-state index is 0.520. The Bertz CT molecular complexity index is 265. The molecule has 3 nitrogen and oxygen atoms in total. The molecule has 0 unspecified atom stereocenters. The summed E-state index contributed by atoms with van der Waals surface area (Å²) in [5.74, 6) is 0. The van der Waals surface area contributed by atoms with E-state index in [1.807, 2.05) is 21.0 Å². The number of nitrogens with one attached hydrogen (secondary N) is 1. The van der Waals surface area contributed by atoms with E-state index < -0.39 is 0 Å². The Morgan fingerprint density at radius 3 is 3.08 bits per heavy atom. The van der Waals surface area contributed by atoms with Crippen molar-refractivity contribution in [1.82, 2.24) is 4.98 Å². The van der Waals surface area contributed by atoms with Crippen LogP contribution in [0.1, 0.15) is 5.56 Å². The fraction of sp³-hybridized carbons (Fsp3) is 0.375. The summed E-state index contributed by atoms with van der Waals surface area (Å²) < 4.78 is 4.90. The van der Waals surface area contributed by atoms with Gasteiger partial charge in [-0.25, -0.2) is 0 Å². The summed E-state index contributed by atoms with van der Waals surface area (Å²) >= 11 is 0. The molecule has 1 rings (SSSR count). The number of pyridine rings is 1. The second kappa shape index (κ2) is 4.11. The Morgan fingerprint density at radius 2 is 2.42 bits per heavy atom. The molecule has 0 aromatic carbocycles. The van der Waals surface area contributed by atoms with E-state index in [2.05, 4.69) is 16.4 Å². The summed E-state index contributed by atoms with van der Waals surface area (Å²) in [6.07, 6.45) is 1.85. The van der Waals surface area contributed by atoms with Crippen LogP contribution in [0.2, 0.25) is 0 Å². The summed E-state index contributed by atoms with van der Waals surface area (Å²) in [5.41, 5.74) is 3.19. The molecule has 0 saturated heterocycles. The monoisotopic (exact) mass is 164 g/mol. The first kappa shape index (κ1) is 9.07. The molecule has 4 heteroatoms. The van der Waals surface area contributed by atoms with Crippen molar-refractivity contribution in [3.63, 3.8) is 0 Å². The molecule has 0 spiro atoms. The van der Waals surface area contributed by atoms with Gasteiger partial charge in [-0.3, -0.25) is 4.98 Å². The zero-order valence-electron chi connectivity index (χ0n) is 7.72. The molecule has 1 aromatic heterocycles. The molecule has 0 aliphatic rings. The Morgan fingerprint density at radius 1 is 1.67 bits per heavy atom. The molecule has 1 N–H and O–H groups in total. The topological polar surface area (TPSA) is 34.2 Å². The van der Waals surface area contributed by atoms with E-state index in [1.165, 1.54) is 0 Å². The maximum Gasteiger partial charge on any atom is 0.166 e. The quantitative estimate of drug-likeness (QED) is 0.490. The van der Waals surface area contributed by atoms with Crippen molar-refractivity contribution in [1.29, 1.82) is 0 Å². The number of aromatic nitrogens is 1. The second-order valence-electron chi connectivity index (χ2n) is 2.76. The van der Waals surface area contributed by atoms with E-state index in [4.69, 9.17) is 4.74 Å². The lowest BCUT2D eigenvalue weighted by Gasteiger charge is -2.08. The van der Waals surface area contributed by atoms with Gasteiger partial charge in [-0.1, -0.05) is 0 Å². The highest BCUT2D eigenvalue weighted by molar-refractivity contribution is 6.34. The second-order valence-corrected chi connectivity index (χ2v) is 2.76. The summed E-state index contributed by atoms with van der Waals surface area (Å²) in [4.78, 5) is 4.21. The van der Waals surface area contributed by atoms with Crippen LogP contribution < -0.4 is 10.9 Å². The molecule has 0 saturated carbocycles. The number of anilines is 1. The third-order valence-corrected chi connectivity index (χ3v) is 1.63. The van der Waals surface area contributed by atoms with Gasteiger partial charge in [0.2, 0.25) is 0 Å². The van der Waals surface area contributed by atoms with Gasteiger partial charge in [-0.2, -0.15) is 0 Å². The van der Waals surface area contributed by atoms with E-state index in [0.717, 1.165) is 16.8 Å². The van der Waals surface area contributed by atoms with Crippen LogP contribution in [0.25, 0.3) is 0 Å². The summed E-state index contributed by atoms with van der Waals surface area (Å²) in [6, 6.07) is 2.06. The number of hydrogen-bond acceptors (Lipinski definition) is 3. The van der Waals surface area contributed by atoms with Crippen molar-refractivity contribution in [2.45, 2.75) is 6.92 Å². The summed E-state index contributed by atoms with van der Waals surface area (Å²) in [5, 5.41) is 3.12. The normalized spacial score (nSPS) is 9.83. The van der Waals surface area contributed by atoms with Gasteiger partial charge in [0.15, 0.2) is 7.85 Å². The molecule has 12 heavy (non-hydrogen) atoms. The van der Waals surface area contributed by atoms with E-state index in [-0.39, 0.29) is 0 Å². The average Bonchev–Trinajstić information content (AvgIpc) is 2.07. The van der Waals surface area contributed by atoms with Crippen molar-refractivity contribution in [2.75, 3.05) is 19.2 Å². The molecule has 0 atom stereocenters. The van der Waals surface area contributed by atoms with E-state index >= 15 is 0 Å². The third kappa shape index (κ3) is 2.24. The fourth-order valence-electron chi connectivity index (χ4n) is 0.966. The standard InChI is InChI=1S/C8H13BN2O/c1-6-3-7(11-5-12-2)8(9)10-4-6/h3-4,11H,5,9H2,1-2H3. The van der Waals surface area contributed by atoms with Crippen LogP contribution in [-0.2, 0) is 4.74 Å². The SMILES string of the molecule is Bc1ncc(C)cc1NCOC. The molecule has 0 radical (unpaired) electrons. The highest BCUT2D eigenvalue weighted by atomic mass is 16.5. The molecule has 64 valence electrons. The Kier molecular flexibility index (Phi) is 3.11. The van der Waals surface area contributed by atoms with Crippen LogP contribution in [0.5, 0.6) is 0 Å². The largest absolute Gasteiger partial charge is 0.365 e. The zero-order chi connectivity index (χ0) is 8.97. The Labute approximate surface area is 73.6 Å². The predicted molar refractivity (Wildman–Crippen MR) is 52.7 cm³/mol. The van der Waals surface area contributed by atoms with E-state index in [1.54, 1.807) is 7.11 Å².